The molecular formula is C24H24N4O3. The highest BCUT2D eigenvalue weighted by Gasteiger charge is 2.23. The zero-order chi connectivity index (χ0) is 21.0. The van der Waals surface area contributed by atoms with Crippen molar-refractivity contribution in [3.05, 3.63) is 66.4 Å². The molecule has 7 heteroatoms. The first kappa shape index (κ1) is 19.4. The van der Waals surface area contributed by atoms with Crippen molar-refractivity contribution >= 4 is 11.9 Å². The van der Waals surface area contributed by atoms with Crippen LogP contribution in [0.2, 0.25) is 0 Å². The molecule has 0 radical (unpaired) electrons. The van der Waals surface area contributed by atoms with Gasteiger partial charge in [0.25, 0.3) is 0 Å². The maximum atomic E-state index is 12.6. The standard InChI is InChI=1S/C24H24N4O3/c29-23(9-6-18-4-2-1-3-5-18)27-12-14-28(15-13-27)24-25-11-10-20(26-24)19-7-8-21-22(16-19)31-17-30-21/h1-5,7-8,10-11,16H,6,9,12-15,17H2. The van der Waals surface area contributed by atoms with E-state index in [4.69, 9.17) is 14.5 Å². The summed E-state index contributed by atoms with van der Waals surface area (Å²) in [6.07, 6.45) is 3.10. The Bertz CT molecular complexity index is 1070. The Morgan fingerprint density at radius 3 is 2.58 bits per heavy atom. The lowest BCUT2D eigenvalue weighted by Gasteiger charge is -2.35. The van der Waals surface area contributed by atoms with Gasteiger partial charge in [-0.05, 0) is 36.2 Å². The molecule has 5 rings (SSSR count). The molecule has 7 nitrogen and oxygen atoms in total. The van der Waals surface area contributed by atoms with E-state index in [-0.39, 0.29) is 12.7 Å². The molecule has 2 aromatic carbocycles. The third-order valence-electron chi connectivity index (χ3n) is 5.70. The largest absolute Gasteiger partial charge is 0.454 e. The molecule has 3 aromatic rings. The zero-order valence-corrected chi connectivity index (χ0v) is 17.2. The summed E-state index contributed by atoms with van der Waals surface area (Å²) < 4.78 is 10.9. The number of aryl methyl sites for hydroxylation is 1. The summed E-state index contributed by atoms with van der Waals surface area (Å²) in [6, 6.07) is 17.9. The maximum Gasteiger partial charge on any atom is 0.231 e. The van der Waals surface area contributed by atoms with Crippen LogP contribution in [0.25, 0.3) is 11.3 Å². The van der Waals surface area contributed by atoms with Gasteiger partial charge in [-0.1, -0.05) is 30.3 Å². The van der Waals surface area contributed by atoms with Gasteiger partial charge in [0.1, 0.15) is 0 Å². The van der Waals surface area contributed by atoms with Gasteiger partial charge in [0.2, 0.25) is 18.6 Å². The normalized spacial score (nSPS) is 15.2. The van der Waals surface area contributed by atoms with Crippen molar-refractivity contribution in [1.82, 2.24) is 14.9 Å². The summed E-state index contributed by atoms with van der Waals surface area (Å²) in [7, 11) is 0. The molecule has 3 heterocycles. The number of hydrogen-bond acceptors (Lipinski definition) is 6. The van der Waals surface area contributed by atoms with Crippen LogP contribution in [0.4, 0.5) is 5.95 Å². The van der Waals surface area contributed by atoms with Gasteiger partial charge in [-0.15, -0.1) is 0 Å². The van der Waals surface area contributed by atoms with Crippen LogP contribution in [-0.2, 0) is 11.2 Å². The number of ether oxygens (including phenoxy) is 2. The predicted molar refractivity (Wildman–Crippen MR) is 117 cm³/mol. The van der Waals surface area contributed by atoms with Crippen molar-refractivity contribution < 1.29 is 14.3 Å². The summed E-state index contributed by atoms with van der Waals surface area (Å²) in [5.41, 5.74) is 3.00. The number of carbonyl (C=O) groups excluding carboxylic acids is 1. The number of carbonyl (C=O) groups is 1. The van der Waals surface area contributed by atoms with Crippen molar-refractivity contribution in [3.63, 3.8) is 0 Å². The fourth-order valence-corrected chi connectivity index (χ4v) is 3.93. The number of hydrogen-bond donors (Lipinski definition) is 0. The molecule has 31 heavy (non-hydrogen) atoms. The van der Waals surface area contributed by atoms with E-state index >= 15 is 0 Å². The van der Waals surface area contributed by atoms with Crippen LogP contribution in [0.1, 0.15) is 12.0 Å². The first-order valence-electron chi connectivity index (χ1n) is 10.6. The minimum atomic E-state index is 0.207. The molecule has 0 N–H and O–H groups in total. The average Bonchev–Trinajstić information content (AvgIpc) is 3.31. The molecular weight excluding hydrogens is 392 g/mol. The molecule has 0 atom stereocenters. The molecule has 0 unspecified atom stereocenters. The Morgan fingerprint density at radius 2 is 1.74 bits per heavy atom. The molecule has 2 aliphatic rings. The van der Waals surface area contributed by atoms with E-state index in [1.165, 1.54) is 5.56 Å². The highest BCUT2D eigenvalue weighted by molar-refractivity contribution is 5.76. The molecule has 1 aromatic heterocycles. The number of fused-ring (bicyclic) bond motifs is 1. The molecule has 0 saturated carbocycles. The smallest absolute Gasteiger partial charge is 0.231 e. The van der Waals surface area contributed by atoms with Crippen molar-refractivity contribution in [3.8, 4) is 22.8 Å². The van der Waals surface area contributed by atoms with E-state index in [0.717, 1.165) is 42.3 Å². The van der Waals surface area contributed by atoms with Crippen molar-refractivity contribution in [2.75, 3.05) is 37.9 Å². The molecule has 0 bridgehead atoms. The monoisotopic (exact) mass is 416 g/mol. The van der Waals surface area contributed by atoms with Crippen molar-refractivity contribution in [2.24, 2.45) is 0 Å². The second-order valence-electron chi connectivity index (χ2n) is 7.66. The number of amides is 1. The zero-order valence-electron chi connectivity index (χ0n) is 17.2. The lowest BCUT2D eigenvalue weighted by molar-refractivity contribution is -0.131. The number of rotatable bonds is 5. The summed E-state index contributed by atoms with van der Waals surface area (Å²) in [5, 5.41) is 0. The van der Waals surface area contributed by atoms with Gasteiger partial charge in [-0.2, -0.15) is 0 Å². The molecule has 1 amide bonds. The number of anilines is 1. The lowest BCUT2D eigenvalue weighted by atomic mass is 10.1. The number of piperazine rings is 1. The van der Waals surface area contributed by atoms with Crippen LogP contribution in [0.5, 0.6) is 11.5 Å². The van der Waals surface area contributed by atoms with Gasteiger partial charge in [0, 0.05) is 44.4 Å². The quantitative estimate of drug-likeness (QED) is 0.637. The Morgan fingerprint density at radius 1 is 0.935 bits per heavy atom. The highest BCUT2D eigenvalue weighted by Crippen LogP contribution is 2.35. The van der Waals surface area contributed by atoms with Gasteiger partial charge < -0.3 is 19.3 Å². The number of aromatic nitrogens is 2. The highest BCUT2D eigenvalue weighted by atomic mass is 16.7. The maximum absolute atomic E-state index is 12.6. The van der Waals surface area contributed by atoms with Crippen LogP contribution in [0.15, 0.2) is 60.8 Å². The molecule has 158 valence electrons. The van der Waals surface area contributed by atoms with Gasteiger partial charge in [-0.3, -0.25) is 4.79 Å². The molecule has 1 fully saturated rings. The predicted octanol–water partition coefficient (Wildman–Crippen LogP) is 3.15. The molecule has 1 saturated heterocycles. The Hall–Kier alpha value is -3.61. The van der Waals surface area contributed by atoms with Gasteiger partial charge in [0.05, 0.1) is 5.69 Å². The summed E-state index contributed by atoms with van der Waals surface area (Å²) in [6.45, 7) is 3.07. The fourth-order valence-electron chi connectivity index (χ4n) is 3.93. The van der Waals surface area contributed by atoms with Crippen LogP contribution < -0.4 is 14.4 Å². The van der Waals surface area contributed by atoms with Gasteiger partial charge >= 0.3 is 0 Å². The summed E-state index contributed by atoms with van der Waals surface area (Å²) in [4.78, 5) is 25.9. The van der Waals surface area contributed by atoms with Crippen molar-refractivity contribution in [1.29, 1.82) is 0 Å². The third-order valence-corrected chi connectivity index (χ3v) is 5.70. The van der Waals surface area contributed by atoms with E-state index in [9.17, 15) is 4.79 Å². The Labute approximate surface area is 181 Å². The summed E-state index contributed by atoms with van der Waals surface area (Å²) >= 11 is 0. The molecule has 0 spiro atoms. The minimum Gasteiger partial charge on any atom is -0.454 e. The van der Waals surface area contributed by atoms with Crippen LogP contribution in [-0.4, -0.2) is 53.7 Å². The minimum absolute atomic E-state index is 0.207. The van der Waals surface area contributed by atoms with Gasteiger partial charge in [0.15, 0.2) is 11.5 Å². The Kier molecular flexibility index (Phi) is 5.39. The van der Waals surface area contributed by atoms with E-state index in [1.807, 2.05) is 47.4 Å². The first-order valence-corrected chi connectivity index (χ1v) is 10.6. The van der Waals surface area contributed by atoms with Gasteiger partial charge in [-0.25, -0.2) is 9.97 Å². The van der Waals surface area contributed by atoms with Crippen LogP contribution in [0.3, 0.4) is 0 Å². The van der Waals surface area contributed by atoms with Crippen molar-refractivity contribution in [2.45, 2.75) is 12.8 Å². The number of benzene rings is 2. The first-order chi connectivity index (χ1) is 15.3. The summed E-state index contributed by atoms with van der Waals surface area (Å²) in [5.74, 6) is 2.39. The third kappa shape index (κ3) is 4.30. The SMILES string of the molecule is O=C(CCc1ccccc1)N1CCN(c2nccc(-c3ccc4c(c3)OCO4)n2)CC1. The topological polar surface area (TPSA) is 67.8 Å². The van der Waals surface area contributed by atoms with E-state index in [0.29, 0.717) is 25.5 Å². The van der Waals surface area contributed by atoms with E-state index in [1.54, 1.807) is 6.20 Å². The van der Waals surface area contributed by atoms with Crippen LogP contribution in [0, 0.1) is 0 Å². The second-order valence-corrected chi connectivity index (χ2v) is 7.66. The molecule has 2 aliphatic heterocycles. The van der Waals surface area contributed by atoms with Crippen LogP contribution >= 0.6 is 0 Å². The Balaban J connectivity index is 1.20. The molecule has 0 aliphatic carbocycles. The number of nitrogens with zero attached hydrogens (tertiary/aromatic N) is 4. The second kappa shape index (κ2) is 8.63. The average molecular weight is 416 g/mol. The van der Waals surface area contributed by atoms with E-state index < -0.39 is 0 Å². The van der Waals surface area contributed by atoms with E-state index in [2.05, 4.69) is 22.0 Å². The lowest BCUT2D eigenvalue weighted by Crippen LogP contribution is -2.49. The fraction of sp³-hybridized carbons (Fsp3) is 0.292.